The lowest BCUT2D eigenvalue weighted by atomic mass is 10.2. The number of hydrogen-bond acceptors (Lipinski definition) is 4. The van der Waals surface area contributed by atoms with Gasteiger partial charge in [-0.25, -0.2) is 0 Å². The summed E-state index contributed by atoms with van der Waals surface area (Å²) in [5.74, 6) is -0.176. The number of aromatic nitrogens is 3. The van der Waals surface area contributed by atoms with Gasteiger partial charge in [0.25, 0.3) is 5.91 Å². The number of hydrogen-bond donors (Lipinski definition) is 0. The van der Waals surface area contributed by atoms with E-state index >= 15 is 0 Å². The molecule has 0 bridgehead atoms. The lowest BCUT2D eigenvalue weighted by molar-refractivity contribution is 0.0943. The summed E-state index contributed by atoms with van der Waals surface area (Å²) < 4.78 is 1.27. The molecular formula is C13H9N3OS. The first-order valence-electron chi connectivity index (χ1n) is 5.39. The molecule has 0 amide bonds. The molecule has 0 fully saturated rings. The van der Waals surface area contributed by atoms with E-state index in [-0.39, 0.29) is 5.91 Å². The monoisotopic (exact) mass is 255 g/mol. The maximum Gasteiger partial charge on any atom is 0.279 e. The smallest absolute Gasteiger partial charge is 0.267 e. The van der Waals surface area contributed by atoms with Crippen LogP contribution in [0.4, 0.5) is 0 Å². The van der Waals surface area contributed by atoms with Gasteiger partial charge >= 0.3 is 0 Å². The van der Waals surface area contributed by atoms with Gasteiger partial charge < -0.3 is 0 Å². The highest BCUT2D eigenvalue weighted by Gasteiger charge is 2.11. The predicted molar refractivity (Wildman–Crippen MR) is 69.5 cm³/mol. The van der Waals surface area contributed by atoms with Gasteiger partial charge in [0.05, 0.1) is 6.20 Å². The lowest BCUT2D eigenvalue weighted by Crippen LogP contribution is -2.12. The highest BCUT2D eigenvalue weighted by atomic mass is 32.1. The molecule has 2 aromatic heterocycles. The lowest BCUT2D eigenvalue weighted by Gasteiger charge is -1.97. The Kier molecular flexibility index (Phi) is 2.74. The number of nitrogens with zero attached hydrogens (tertiary/aromatic N) is 3. The van der Waals surface area contributed by atoms with E-state index in [2.05, 4.69) is 10.3 Å². The van der Waals surface area contributed by atoms with Gasteiger partial charge in [-0.05, 0) is 23.6 Å². The molecule has 0 spiro atoms. The summed E-state index contributed by atoms with van der Waals surface area (Å²) >= 11 is 1.59. The van der Waals surface area contributed by atoms with Crippen molar-refractivity contribution in [3.63, 3.8) is 0 Å². The van der Waals surface area contributed by atoms with Crippen LogP contribution in [-0.2, 0) is 0 Å². The highest BCUT2D eigenvalue weighted by molar-refractivity contribution is 7.08. The van der Waals surface area contributed by atoms with Crippen molar-refractivity contribution in [1.82, 2.24) is 15.0 Å². The van der Waals surface area contributed by atoms with Crippen LogP contribution in [0.1, 0.15) is 10.4 Å². The molecule has 0 atom stereocenters. The maximum atomic E-state index is 12.1. The van der Waals surface area contributed by atoms with Crippen LogP contribution in [0.15, 0.2) is 53.4 Å². The molecule has 88 valence electrons. The second-order valence-corrected chi connectivity index (χ2v) is 4.51. The van der Waals surface area contributed by atoms with Crippen molar-refractivity contribution in [2.75, 3.05) is 0 Å². The molecule has 4 nitrogen and oxygen atoms in total. The number of benzene rings is 1. The van der Waals surface area contributed by atoms with Crippen molar-refractivity contribution in [1.29, 1.82) is 0 Å². The Balaban J connectivity index is 1.93. The normalized spacial score (nSPS) is 10.4. The van der Waals surface area contributed by atoms with Gasteiger partial charge in [-0.15, -0.1) is 5.10 Å². The van der Waals surface area contributed by atoms with Gasteiger partial charge in [-0.2, -0.15) is 16.0 Å². The molecule has 0 saturated heterocycles. The zero-order valence-corrected chi connectivity index (χ0v) is 10.2. The summed E-state index contributed by atoms with van der Waals surface area (Å²) in [4.78, 5) is 12.1. The second kappa shape index (κ2) is 4.54. The Morgan fingerprint density at radius 2 is 2.00 bits per heavy atom. The maximum absolute atomic E-state index is 12.1. The summed E-state index contributed by atoms with van der Waals surface area (Å²) in [6.07, 6.45) is 1.65. The fraction of sp³-hybridized carbons (Fsp3) is 0. The molecule has 18 heavy (non-hydrogen) atoms. The summed E-state index contributed by atoms with van der Waals surface area (Å²) in [5.41, 5.74) is 2.28. The number of carbonyl (C=O) groups is 1. The van der Waals surface area contributed by atoms with Gasteiger partial charge in [0, 0.05) is 16.5 Å². The SMILES string of the molecule is O=C(c1ccccc1)n1cc(-c2ccsc2)nn1. The van der Waals surface area contributed by atoms with Crippen LogP contribution < -0.4 is 0 Å². The zero-order valence-electron chi connectivity index (χ0n) is 9.35. The van der Waals surface area contributed by atoms with Crippen molar-refractivity contribution in [3.05, 3.63) is 58.9 Å². The van der Waals surface area contributed by atoms with Gasteiger partial charge in [-0.3, -0.25) is 4.79 Å². The van der Waals surface area contributed by atoms with E-state index in [1.54, 1.807) is 29.7 Å². The Labute approximate surface area is 108 Å². The van der Waals surface area contributed by atoms with Crippen LogP contribution in [-0.4, -0.2) is 20.9 Å². The number of carbonyl (C=O) groups excluding carboxylic acids is 1. The summed E-state index contributed by atoms with van der Waals surface area (Å²) in [7, 11) is 0. The molecule has 2 heterocycles. The molecule has 1 aromatic carbocycles. The summed E-state index contributed by atoms with van der Waals surface area (Å²) in [6.45, 7) is 0. The Bertz CT molecular complexity index is 659. The van der Waals surface area contributed by atoms with E-state index in [0.29, 0.717) is 11.3 Å². The van der Waals surface area contributed by atoms with Gasteiger partial charge in [0.1, 0.15) is 5.69 Å². The molecule has 0 radical (unpaired) electrons. The Hall–Kier alpha value is -2.27. The first-order valence-corrected chi connectivity index (χ1v) is 6.33. The first kappa shape index (κ1) is 10.9. The van der Waals surface area contributed by atoms with E-state index in [1.807, 2.05) is 35.0 Å². The van der Waals surface area contributed by atoms with Crippen molar-refractivity contribution in [2.45, 2.75) is 0 Å². The molecule has 3 aromatic rings. The summed E-state index contributed by atoms with van der Waals surface area (Å²) in [6, 6.07) is 11.0. The quantitative estimate of drug-likeness (QED) is 0.707. The highest BCUT2D eigenvalue weighted by Crippen LogP contribution is 2.19. The Morgan fingerprint density at radius 1 is 1.17 bits per heavy atom. The van der Waals surface area contributed by atoms with Crippen LogP contribution in [0, 0.1) is 0 Å². The van der Waals surface area contributed by atoms with Crippen molar-refractivity contribution in [3.8, 4) is 11.3 Å². The largest absolute Gasteiger partial charge is 0.279 e. The predicted octanol–water partition coefficient (Wildman–Crippen LogP) is 2.70. The van der Waals surface area contributed by atoms with Gasteiger partial charge in [-0.1, -0.05) is 23.4 Å². The topological polar surface area (TPSA) is 47.8 Å². The minimum absolute atomic E-state index is 0.176. The van der Waals surface area contributed by atoms with E-state index in [0.717, 1.165) is 5.56 Å². The third kappa shape index (κ3) is 1.96. The average molecular weight is 255 g/mol. The van der Waals surface area contributed by atoms with E-state index in [9.17, 15) is 4.79 Å². The fourth-order valence-corrected chi connectivity index (χ4v) is 2.27. The molecule has 0 aliphatic carbocycles. The molecule has 3 rings (SSSR count). The van der Waals surface area contributed by atoms with Crippen molar-refractivity contribution >= 4 is 17.2 Å². The second-order valence-electron chi connectivity index (χ2n) is 3.73. The van der Waals surface area contributed by atoms with E-state index < -0.39 is 0 Å². The molecule has 0 saturated carbocycles. The number of rotatable bonds is 2. The van der Waals surface area contributed by atoms with Crippen molar-refractivity contribution in [2.24, 2.45) is 0 Å². The fourth-order valence-electron chi connectivity index (χ4n) is 1.62. The zero-order chi connectivity index (χ0) is 12.4. The Morgan fingerprint density at radius 3 is 2.72 bits per heavy atom. The minimum Gasteiger partial charge on any atom is -0.267 e. The molecule has 0 unspecified atom stereocenters. The van der Waals surface area contributed by atoms with Crippen LogP contribution >= 0.6 is 11.3 Å². The molecule has 0 aliphatic heterocycles. The average Bonchev–Trinajstić information content (AvgIpc) is 3.09. The van der Waals surface area contributed by atoms with Gasteiger partial charge in [0.2, 0.25) is 0 Å². The first-order chi connectivity index (χ1) is 8.84. The van der Waals surface area contributed by atoms with Crippen LogP contribution in [0.25, 0.3) is 11.3 Å². The van der Waals surface area contributed by atoms with Crippen LogP contribution in [0.3, 0.4) is 0 Å². The van der Waals surface area contributed by atoms with E-state index in [1.165, 1.54) is 4.68 Å². The van der Waals surface area contributed by atoms with E-state index in [4.69, 9.17) is 0 Å². The third-order valence-electron chi connectivity index (χ3n) is 2.54. The molecular weight excluding hydrogens is 246 g/mol. The molecule has 0 N–H and O–H groups in total. The minimum atomic E-state index is -0.176. The van der Waals surface area contributed by atoms with Gasteiger partial charge in [0.15, 0.2) is 0 Å². The summed E-state index contributed by atoms with van der Waals surface area (Å²) in [5, 5.41) is 11.8. The molecule has 5 heteroatoms. The van der Waals surface area contributed by atoms with Crippen LogP contribution in [0.5, 0.6) is 0 Å². The third-order valence-corrected chi connectivity index (χ3v) is 3.22. The number of thiophene rings is 1. The van der Waals surface area contributed by atoms with Crippen molar-refractivity contribution < 1.29 is 4.79 Å². The molecule has 0 aliphatic rings. The standard InChI is InChI=1S/C13H9N3OS/c17-13(10-4-2-1-3-5-10)16-8-12(14-15-16)11-6-7-18-9-11/h1-9H. The van der Waals surface area contributed by atoms with Crippen LogP contribution in [0.2, 0.25) is 0 Å².